The highest BCUT2D eigenvalue weighted by molar-refractivity contribution is 5.79. The van der Waals surface area contributed by atoms with Crippen molar-refractivity contribution >= 4 is 23.2 Å². The number of nitro benzene ring substituents is 1. The van der Waals surface area contributed by atoms with E-state index in [0.29, 0.717) is 44.5 Å². The maximum absolute atomic E-state index is 11.8. The maximum atomic E-state index is 11.8. The van der Waals surface area contributed by atoms with Gasteiger partial charge in [0.2, 0.25) is 11.8 Å². The van der Waals surface area contributed by atoms with Gasteiger partial charge in [-0.2, -0.15) is 0 Å². The Bertz CT molecular complexity index is 637. The van der Waals surface area contributed by atoms with Crippen molar-refractivity contribution in [2.75, 3.05) is 18.4 Å². The zero-order valence-corrected chi connectivity index (χ0v) is 13.8. The summed E-state index contributed by atoms with van der Waals surface area (Å²) in [5.41, 5.74) is 5.62. The van der Waals surface area contributed by atoms with Crippen LogP contribution in [-0.4, -0.2) is 42.0 Å². The van der Waals surface area contributed by atoms with Gasteiger partial charge in [0.25, 0.3) is 5.69 Å². The molecule has 4 N–H and O–H groups in total. The Kier molecular flexibility index (Phi) is 6.70. The second-order valence-corrected chi connectivity index (χ2v) is 5.84. The number of hydrogen-bond acceptors (Lipinski definition) is 6. The zero-order valence-electron chi connectivity index (χ0n) is 13.8. The third kappa shape index (κ3) is 5.71. The molecule has 1 aliphatic rings. The van der Waals surface area contributed by atoms with Crippen molar-refractivity contribution in [2.24, 2.45) is 5.73 Å². The summed E-state index contributed by atoms with van der Waals surface area (Å²) in [6, 6.07) is 6.37. The smallest absolute Gasteiger partial charge is 0.292 e. The molecule has 2 atom stereocenters. The number of primary amides is 1. The lowest BCUT2D eigenvalue weighted by atomic mass is 10.2. The molecule has 9 nitrogen and oxygen atoms in total. The van der Waals surface area contributed by atoms with Gasteiger partial charge < -0.3 is 21.1 Å². The van der Waals surface area contributed by atoms with E-state index >= 15 is 0 Å². The van der Waals surface area contributed by atoms with E-state index in [1.54, 1.807) is 18.2 Å². The monoisotopic (exact) mass is 350 g/mol. The van der Waals surface area contributed by atoms with Crippen molar-refractivity contribution in [2.45, 2.75) is 37.9 Å². The topological polar surface area (TPSA) is 137 Å². The zero-order chi connectivity index (χ0) is 18.2. The van der Waals surface area contributed by atoms with Gasteiger partial charge in [0.15, 0.2) is 0 Å². The fraction of sp³-hybridized carbons (Fsp3) is 0.500. The summed E-state index contributed by atoms with van der Waals surface area (Å²) in [6.45, 7) is 0.794. The van der Waals surface area contributed by atoms with E-state index < -0.39 is 16.9 Å². The molecule has 0 radical (unpaired) electrons. The van der Waals surface area contributed by atoms with Gasteiger partial charge in [0, 0.05) is 25.6 Å². The highest BCUT2D eigenvalue weighted by Gasteiger charge is 2.29. The molecule has 1 aromatic rings. The molecular weight excluding hydrogens is 328 g/mol. The number of para-hydroxylation sites is 2. The van der Waals surface area contributed by atoms with Crippen LogP contribution >= 0.6 is 0 Å². The van der Waals surface area contributed by atoms with Gasteiger partial charge in [-0.3, -0.25) is 19.7 Å². The molecule has 2 rings (SSSR count). The van der Waals surface area contributed by atoms with Crippen LogP contribution in [-0.2, 0) is 14.3 Å². The molecule has 0 aromatic heterocycles. The lowest BCUT2D eigenvalue weighted by Gasteiger charge is -2.13. The van der Waals surface area contributed by atoms with Crippen LogP contribution in [0.5, 0.6) is 0 Å². The summed E-state index contributed by atoms with van der Waals surface area (Å²) in [5, 5.41) is 16.6. The minimum absolute atomic E-state index is 0.00865. The first-order valence-electron chi connectivity index (χ1n) is 8.16. The van der Waals surface area contributed by atoms with Gasteiger partial charge >= 0.3 is 0 Å². The highest BCUT2D eigenvalue weighted by atomic mass is 16.6. The molecule has 0 spiro atoms. The normalized spacial score (nSPS) is 19.4. The average Bonchev–Trinajstić information content (AvgIpc) is 3.06. The molecule has 1 saturated heterocycles. The molecular formula is C16H22N4O5. The molecule has 1 fully saturated rings. The molecule has 1 aliphatic heterocycles. The van der Waals surface area contributed by atoms with Crippen LogP contribution in [0.4, 0.5) is 11.4 Å². The van der Waals surface area contributed by atoms with Crippen LogP contribution in [0.1, 0.15) is 25.7 Å². The summed E-state index contributed by atoms with van der Waals surface area (Å²) in [5.74, 6) is -0.606. The van der Waals surface area contributed by atoms with Crippen molar-refractivity contribution in [3.8, 4) is 0 Å². The number of rotatable bonds is 9. The van der Waals surface area contributed by atoms with Gasteiger partial charge in [-0.25, -0.2) is 0 Å². The summed E-state index contributed by atoms with van der Waals surface area (Å²) in [7, 11) is 0. The number of carbonyl (C=O) groups excluding carboxylic acids is 2. The summed E-state index contributed by atoms with van der Waals surface area (Å²) >= 11 is 0. The minimum atomic E-state index is -0.562. The molecule has 25 heavy (non-hydrogen) atoms. The Morgan fingerprint density at radius 3 is 2.76 bits per heavy atom. The third-order valence-corrected chi connectivity index (χ3v) is 3.95. The minimum Gasteiger partial charge on any atom is -0.379 e. The Morgan fingerprint density at radius 1 is 1.32 bits per heavy atom. The summed E-state index contributed by atoms with van der Waals surface area (Å²) < 4.78 is 5.43. The van der Waals surface area contributed by atoms with E-state index in [2.05, 4.69) is 10.6 Å². The number of nitrogens with zero attached hydrogens (tertiary/aromatic N) is 1. The van der Waals surface area contributed by atoms with E-state index in [9.17, 15) is 19.7 Å². The summed E-state index contributed by atoms with van der Waals surface area (Å²) in [4.78, 5) is 33.3. The number of anilines is 1. The summed E-state index contributed by atoms with van der Waals surface area (Å²) in [6.07, 6.45) is 1.34. The van der Waals surface area contributed by atoms with Crippen molar-refractivity contribution in [1.82, 2.24) is 5.32 Å². The molecule has 2 amide bonds. The maximum Gasteiger partial charge on any atom is 0.292 e. The van der Waals surface area contributed by atoms with Crippen LogP contribution in [0.25, 0.3) is 0 Å². The second-order valence-electron chi connectivity index (χ2n) is 5.84. The van der Waals surface area contributed by atoms with Gasteiger partial charge in [-0.15, -0.1) is 0 Å². The van der Waals surface area contributed by atoms with Crippen molar-refractivity contribution in [1.29, 1.82) is 0 Å². The number of nitrogens with two attached hydrogens (primary N) is 1. The van der Waals surface area contributed by atoms with E-state index in [1.807, 2.05) is 0 Å². The lowest BCUT2D eigenvalue weighted by Crippen LogP contribution is -2.34. The Balaban J connectivity index is 1.63. The first-order chi connectivity index (χ1) is 12.0. The number of nitrogens with one attached hydrogen (secondary N) is 2. The van der Waals surface area contributed by atoms with Crippen molar-refractivity contribution < 1.29 is 19.2 Å². The number of amides is 2. The number of carbonyl (C=O) groups is 2. The van der Waals surface area contributed by atoms with Crippen LogP contribution < -0.4 is 16.4 Å². The molecule has 0 unspecified atom stereocenters. The average molecular weight is 350 g/mol. The van der Waals surface area contributed by atoms with E-state index in [0.717, 1.165) is 0 Å². The quantitative estimate of drug-likeness (QED) is 0.344. The molecule has 136 valence electrons. The number of nitro groups is 1. The van der Waals surface area contributed by atoms with E-state index in [-0.39, 0.29) is 17.7 Å². The van der Waals surface area contributed by atoms with Crippen LogP contribution in [0.3, 0.4) is 0 Å². The van der Waals surface area contributed by atoms with Gasteiger partial charge in [0.1, 0.15) is 11.8 Å². The van der Waals surface area contributed by atoms with Crippen LogP contribution in [0.2, 0.25) is 0 Å². The molecule has 1 aromatic carbocycles. The molecule has 0 saturated carbocycles. The van der Waals surface area contributed by atoms with Gasteiger partial charge in [-0.05, 0) is 25.3 Å². The van der Waals surface area contributed by atoms with Crippen LogP contribution in [0.15, 0.2) is 24.3 Å². The largest absolute Gasteiger partial charge is 0.379 e. The lowest BCUT2D eigenvalue weighted by molar-refractivity contribution is -0.384. The first-order valence-corrected chi connectivity index (χ1v) is 8.16. The molecule has 0 aliphatic carbocycles. The number of hydrogen-bond donors (Lipinski definition) is 3. The van der Waals surface area contributed by atoms with Crippen LogP contribution in [0, 0.1) is 10.1 Å². The fourth-order valence-electron chi connectivity index (χ4n) is 2.64. The van der Waals surface area contributed by atoms with E-state index in [1.165, 1.54) is 6.07 Å². The molecule has 0 bridgehead atoms. The molecule has 1 heterocycles. The number of ether oxygens (including phenoxy) is 1. The van der Waals surface area contributed by atoms with Gasteiger partial charge in [0.05, 0.1) is 11.0 Å². The van der Waals surface area contributed by atoms with Gasteiger partial charge in [-0.1, -0.05) is 12.1 Å². The Morgan fingerprint density at radius 2 is 2.08 bits per heavy atom. The predicted octanol–water partition coefficient (Wildman–Crippen LogP) is 0.936. The fourth-order valence-corrected chi connectivity index (χ4v) is 2.64. The highest BCUT2D eigenvalue weighted by Crippen LogP contribution is 2.23. The Hall–Kier alpha value is -2.68. The second kappa shape index (κ2) is 8.97. The Labute approximate surface area is 145 Å². The number of benzene rings is 1. The van der Waals surface area contributed by atoms with Crippen molar-refractivity contribution in [3.63, 3.8) is 0 Å². The SMILES string of the molecule is NC(=O)[C@@H]1CC[C@H](CNC(=O)CCCNc2ccccc2[N+](=O)[O-])O1. The first kappa shape index (κ1) is 18.7. The predicted molar refractivity (Wildman–Crippen MR) is 90.9 cm³/mol. The van der Waals surface area contributed by atoms with Crippen molar-refractivity contribution in [3.05, 3.63) is 34.4 Å². The standard InChI is InChI=1S/C16H22N4O5/c17-16(22)14-8-7-11(25-14)10-19-15(21)6-3-9-18-12-4-1-2-5-13(12)20(23)24/h1-2,4-5,11,14,18H,3,6-10H2,(H2,17,22)(H,19,21)/t11-,14+/m1/s1. The third-order valence-electron chi connectivity index (χ3n) is 3.95. The van der Waals surface area contributed by atoms with E-state index in [4.69, 9.17) is 10.5 Å². The molecule has 9 heteroatoms.